The number of nitrogens with one attached hydrogen (secondary N) is 1. The highest BCUT2D eigenvalue weighted by Gasteiger charge is 2.45. The van der Waals surface area contributed by atoms with E-state index in [2.05, 4.69) is 19.2 Å². The molecule has 2 nitrogen and oxygen atoms in total. The predicted molar refractivity (Wildman–Crippen MR) is 71.7 cm³/mol. The van der Waals surface area contributed by atoms with E-state index in [0.29, 0.717) is 11.5 Å². The van der Waals surface area contributed by atoms with Crippen molar-refractivity contribution in [1.82, 2.24) is 5.32 Å². The third-order valence-corrected chi connectivity index (χ3v) is 5.77. The quantitative estimate of drug-likeness (QED) is 0.790. The van der Waals surface area contributed by atoms with Crippen molar-refractivity contribution in [2.75, 3.05) is 6.54 Å². The molecule has 5 atom stereocenters. The molecule has 0 saturated heterocycles. The summed E-state index contributed by atoms with van der Waals surface area (Å²) in [7, 11) is 0. The number of rotatable bonds is 3. The zero-order chi connectivity index (χ0) is 12.0. The first-order valence-electron chi connectivity index (χ1n) is 7.54. The third kappa shape index (κ3) is 2.26. The molecule has 98 valence electrons. The molecule has 2 bridgehead atoms. The van der Waals surface area contributed by atoms with Gasteiger partial charge in [0.05, 0.1) is 0 Å². The smallest absolute Gasteiger partial charge is 0.0110 e. The second-order valence-electron chi connectivity index (χ2n) is 7.59. The van der Waals surface area contributed by atoms with Crippen LogP contribution in [0.1, 0.15) is 52.4 Å². The van der Waals surface area contributed by atoms with E-state index in [1.165, 1.54) is 45.1 Å². The van der Waals surface area contributed by atoms with Crippen LogP contribution in [0.2, 0.25) is 0 Å². The predicted octanol–water partition coefficient (Wildman–Crippen LogP) is 2.53. The van der Waals surface area contributed by atoms with Gasteiger partial charge in [-0.2, -0.15) is 0 Å². The molecule has 0 aliphatic heterocycles. The summed E-state index contributed by atoms with van der Waals surface area (Å²) in [6.07, 6.45) is 8.36. The van der Waals surface area contributed by atoms with Crippen LogP contribution < -0.4 is 11.1 Å². The van der Waals surface area contributed by atoms with E-state index >= 15 is 0 Å². The molecule has 3 fully saturated rings. The highest BCUT2D eigenvalue weighted by Crippen LogP contribution is 2.47. The minimum Gasteiger partial charge on any atom is -0.327 e. The molecule has 3 rings (SSSR count). The standard InChI is InChI=1S/C15H28N2/c1-15(2)6-5-12(8-15)17-9-13-10-3-4-11(7-10)14(13)16/h10-14,17H,3-9,16H2,1-2H3. The fourth-order valence-electron chi connectivity index (χ4n) is 4.67. The molecule has 17 heavy (non-hydrogen) atoms. The second kappa shape index (κ2) is 4.24. The van der Waals surface area contributed by atoms with Gasteiger partial charge in [-0.3, -0.25) is 0 Å². The lowest BCUT2D eigenvalue weighted by Gasteiger charge is -2.29. The van der Waals surface area contributed by atoms with Crippen molar-refractivity contribution in [2.45, 2.75) is 64.5 Å². The van der Waals surface area contributed by atoms with Crippen molar-refractivity contribution in [1.29, 1.82) is 0 Å². The van der Waals surface area contributed by atoms with Crippen LogP contribution in [0.3, 0.4) is 0 Å². The normalized spacial score (nSPS) is 47.8. The lowest BCUT2D eigenvalue weighted by molar-refractivity contribution is 0.265. The molecule has 3 aliphatic rings. The monoisotopic (exact) mass is 236 g/mol. The maximum Gasteiger partial charge on any atom is 0.0110 e. The van der Waals surface area contributed by atoms with E-state index in [1.807, 2.05) is 0 Å². The molecule has 3 aliphatic carbocycles. The first-order valence-corrected chi connectivity index (χ1v) is 7.54. The summed E-state index contributed by atoms with van der Waals surface area (Å²) in [6.45, 7) is 5.99. The SMILES string of the molecule is CC1(C)CCC(NCC2C3CCC(C3)C2N)C1. The van der Waals surface area contributed by atoms with Gasteiger partial charge in [-0.25, -0.2) is 0 Å². The van der Waals surface area contributed by atoms with Gasteiger partial charge >= 0.3 is 0 Å². The molecule has 2 heteroatoms. The summed E-state index contributed by atoms with van der Waals surface area (Å²) in [5.74, 6) is 2.57. The fraction of sp³-hybridized carbons (Fsp3) is 1.00. The van der Waals surface area contributed by atoms with Gasteiger partial charge in [0.2, 0.25) is 0 Å². The third-order valence-electron chi connectivity index (χ3n) is 5.77. The van der Waals surface area contributed by atoms with Gasteiger partial charge < -0.3 is 11.1 Å². The van der Waals surface area contributed by atoms with Crippen molar-refractivity contribution in [3.8, 4) is 0 Å². The van der Waals surface area contributed by atoms with Gasteiger partial charge in [-0.1, -0.05) is 13.8 Å². The first-order chi connectivity index (χ1) is 8.05. The molecule has 3 saturated carbocycles. The van der Waals surface area contributed by atoms with E-state index in [4.69, 9.17) is 5.73 Å². The molecule has 0 aromatic carbocycles. The van der Waals surface area contributed by atoms with Crippen LogP contribution >= 0.6 is 0 Å². The molecule has 0 heterocycles. The molecule has 0 aromatic heterocycles. The van der Waals surface area contributed by atoms with Crippen molar-refractivity contribution in [2.24, 2.45) is 28.9 Å². The van der Waals surface area contributed by atoms with Crippen molar-refractivity contribution in [3.05, 3.63) is 0 Å². The zero-order valence-electron chi connectivity index (χ0n) is 11.4. The van der Waals surface area contributed by atoms with E-state index in [0.717, 1.165) is 23.8 Å². The lowest BCUT2D eigenvalue weighted by atomic mass is 9.84. The molecular formula is C15H28N2. The van der Waals surface area contributed by atoms with E-state index in [1.54, 1.807) is 0 Å². The Balaban J connectivity index is 1.49. The summed E-state index contributed by atoms with van der Waals surface area (Å²) >= 11 is 0. The molecule has 0 amide bonds. The van der Waals surface area contributed by atoms with Crippen LogP contribution in [0.4, 0.5) is 0 Å². The average molecular weight is 236 g/mol. The van der Waals surface area contributed by atoms with Crippen LogP contribution in [0, 0.1) is 23.2 Å². The van der Waals surface area contributed by atoms with Gasteiger partial charge in [0.15, 0.2) is 0 Å². The minimum absolute atomic E-state index is 0.496. The van der Waals surface area contributed by atoms with E-state index in [-0.39, 0.29) is 0 Å². The summed E-state index contributed by atoms with van der Waals surface area (Å²) in [4.78, 5) is 0. The maximum atomic E-state index is 6.36. The Morgan fingerprint density at radius 1 is 1.18 bits per heavy atom. The Labute approximate surface area is 106 Å². The molecular weight excluding hydrogens is 208 g/mol. The number of fused-ring (bicyclic) bond motifs is 2. The Bertz CT molecular complexity index is 285. The lowest BCUT2D eigenvalue weighted by Crippen LogP contribution is -2.43. The molecule has 5 unspecified atom stereocenters. The summed E-state index contributed by atoms with van der Waals surface area (Å²) in [6, 6.07) is 1.26. The van der Waals surface area contributed by atoms with Crippen LogP contribution in [0.15, 0.2) is 0 Å². The van der Waals surface area contributed by atoms with Crippen molar-refractivity contribution >= 4 is 0 Å². The number of hydrogen-bond donors (Lipinski definition) is 2. The Morgan fingerprint density at radius 2 is 1.94 bits per heavy atom. The van der Waals surface area contributed by atoms with E-state index < -0.39 is 0 Å². The van der Waals surface area contributed by atoms with Crippen molar-refractivity contribution < 1.29 is 0 Å². The van der Waals surface area contributed by atoms with Gasteiger partial charge in [0, 0.05) is 12.1 Å². The summed E-state index contributed by atoms with van der Waals surface area (Å²) < 4.78 is 0. The van der Waals surface area contributed by atoms with Crippen LogP contribution in [0.5, 0.6) is 0 Å². The zero-order valence-corrected chi connectivity index (χ0v) is 11.4. The van der Waals surface area contributed by atoms with E-state index in [9.17, 15) is 0 Å². The van der Waals surface area contributed by atoms with Crippen LogP contribution in [-0.4, -0.2) is 18.6 Å². The second-order valence-corrected chi connectivity index (χ2v) is 7.59. The van der Waals surface area contributed by atoms with Crippen LogP contribution in [0.25, 0.3) is 0 Å². The molecule has 0 spiro atoms. The average Bonchev–Trinajstić information content (AvgIpc) is 2.91. The fourth-order valence-corrected chi connectivity index (χ4v) is 4.67. The van der Waals surface area contributed by atoms with Crippen LogP contribution in [-0.2, 0) is 0 Å². The minimum atomic E-state index is 0.496. The number of nitrogens with two attached hydrogens (primary N) is 1. The molecule has 3 N–H and O–H groups in total. The Hall–Kier alpha value is -0.0800. The Morgan fingerprint density at radius 3 is 2.53 bits per heavy atom. The Kier molecular flexibility index (Phi) is 2.99. The molecule has 0 aromatic rings. The topological polar surface area (TPSA) is 38.0 Å². The van der Waals surface area contributed by atoms with Gasteiger partial charge in [-0.05, 0) is 68.2 Å². The van der Waals surface area contributed by atoms with Gasteiger partial charge in [0.1, 0.15) is 0 Å². The highest BCUT2D eigenvalue weighted by atomic mass is 14.9. The first kappa shape index (κ1) is 12.0. The number of hydrogen-bond acceptors (Lipinski definition) is 2. The highest BCUT2D eigenvalue weighted by molar-refractivity contribution is 5.00. The largest absolute Gasteiger partial charge is 0.327 e. The van der Waals surface area contributed by atoms with Gasteiger partial charge in [0.25, 0.3) is 0 Å². The maximum absolute atomic E-state index is 6.36. The summed E-state index contributed by atoms with van der Waals surface area (Å²) in [5, 5.41) is 3.81. The van der Waals surface area contributed by atoms with Gasteiger partial charge in [-0.15, -0.1) is 0 Å². The summed E-state index contributed by atoms with van der Waals surface area (Å²) in [5.41, 5.74) is 6.93. The van der Waals surface area contributed by atoms with Crippen molar-refractivity contribution in [3.63, 3.8) is 0 Å². The molecule has 0 radical (unpaired) electrons.